The lowest BCUT2D eigenvalue weighted by Crippen LogP contribution is -2.42. The number of benzene rings is 1. The molecule has 1 aliphatic rings. The number of nitrogens with one attached hydrogen (secondary N) is 1. The molecule has 9 nitrogen and oxygen atoms in total. The summed E-state index contributed by atoms with van der Waals surface area (Å²) in [6.07, 6.45) is 0.789. The highest BCUT2D eigenvalue weighted by molar-refractivity contribution is 7.89. The molecule has 1 fully saturated rings. The number of hydrogen-bond acceptors (Lipinski definition) is 7. The molecule has 0 aromatic heterocycles. The third-order valence-corrected chi connectivity index (χ3v) is 6.51. The molecule has 0 saturated carbocycles. The van der Waals surface area contributed by atoms with E-state index in [1.54, 1.807) is 6.92 Å². The van der Waals surface area contributed by atoms with Gasteiger partial charge in [-0.05, 0) is 38.0 Å². The molecule has 0 atom stereocenters. The molecule has 28 heavy (non-hydrogen) atoms. The Morgan fingerprint density at radius 1 is 1.04 bits per heavy atom. The van der Waals surface area contributed by atoms with Crippen molar-refractivity contribution in [3.63, 3.8) is 0 Å². The van der Waals surface area contributed by atoms with Crippen LogP contribution in [0.4, 0.5) is 5.69 Å². The minimum atomic E-state index is -3.27. The monoisotopic (exact) mass is 412 g/mol. The Morgan fingerprint density at radius 2 is 1.54 bits per heavy atom. The largest absolute Gasteiger partial charge is 0.465 e. The van der Waals surface area contributed by atoms with Gasteiger partial charge in [0.05, 0.1) is 31.1 Å². The summed E-state index contributed by atoms with van der Waals surface area (Å²) in [6.45, 7) is 2.15. The highest BCUT2D eigenvalue weighted by Gasteiger charge is 2.30. The number of amides is 1. The first-order valence-corrected chi connectivity index (χ1v) is 10.4. The van der Waals surface area contributed by atoms with E-state index in [1.165, 1.54) is 36.7 Å². The van der Waals surface area contributed by atoms with Crippen LogP contribution >= 0.6 is 0 Å². The van der Waals surface area contributed by atoms with E-state index in [1.807, 2.05) is 0 Å². The van der Waals surface area contributed by atoms with E-state index in [-0.39, 0.29) is 47.5 Å². The van der Waals surface area contributed by atoms with Gasteiger partial charge in [0.2, 0.25) is 15.9 Å². The van der Waals surface area contributed by atoms with Crippen LogP contribution in [0.25, 0.3) is 0 Å². The molecule has 2 rings (SSSR count). The van der Waals surface area contributed by atoms with Gasteiger partial charge in [-0.3, -0.25) is 4.79 Å². The van der Waals surface area contributed by atoms with E-state index in [0.29, 0.717) is 12.8 Å². The van der Waals surface area contributed by atoms with E-state index in [9.17, 15) is 22.8 Å². The summed E-state index contributed by atoms with van der Waals surface area (Å²) in [6, 6.07) is 4.14. The van der Waals surface area contributed by atoms with Crippen molar-refractivity contribution in [2.45, 2.75) is 19.8 Å². The summed E-state index contributed by atoms with van der Waals surface area (Å²) in [5.41, 5.74) is 0.464. The number of hydrogen-bond donors (Lipinski definition) is 1. The van der Waals surface area contributed by atoms with Gasteiger partial charge in [0.1, 0.15) is 0 Å². The highest BCUT2D eigenvalue weighted by atomic mass is 32.2. The molecule has 1 aromatic rings. The summed E-state index contributed by atoms with van der Waals surface area (Å²) in [7, 11) is -0.843. The van der Waals surface area contributed by atoms with E-state index in [0.717, 1.165) is 0 Å². The number of nitrogens with zero attached hydrogens (tertiary/aromatic N) is 1. The molecule has 1 N–H and O–H groups in total. The van der Waals surface area contributed by atoms with Crippen molar-refractivity contribution in [1.82, 2.24) is 4.31 Å². The SMILES string of the molecule is CCS(=O)(=O)N1CCC(C(=O)Nc2cc(C(=O)OC)cc(C(=O)OC)c2)CC1. The molecule has 0 radical (unpaired) electrons. The van der Waals surface area contributed by atoms with Crippen molar-refractivity contribution in [3.8, 4) is 0 Å². The van der Waals surface area contributed by atoms with Crippen LogP contribution in [0.1, 0.15) is 40.5 Å². The Labute approximate surface area is 164 Å². The Balaban J connectivity index is 2.13. The van der Waals surface area contributed by atoms with Gasteiger partial charge in [-0.2, -0.15) is 0 Å². The first kappa shape index (κ1) is 21.8. The standard InChI is InChI=1S/C18H24N2O7S/c1-4-28(24,25)20-7-5-12(6-8-20)16(21)19-15-10-13(17(22)26-2)9-14(11-15)18(23)27-3/h9-12H,4-8H2,1-3H3,(H,19,21). The zero-order valence-electron chi connectivity index (χ0n) is 16.1. The minimum absolute atomic E-state index is 0.0283. The van der Waals surface area contributed by atoms with Gasteiger partial charge in [-0.1, -0.05) is 0 Å². The van der Waals surface area contributed by atoms with Gasteiger partial charge in [-0.25, -0.2) is 22.3 Å². The maximum Gasteiger partial charge on any atom is 0.337 e. The number of ether oxygens (including phenoxy) is 2. The molecule has 154 valence electrons. The average molecular weight is 412 g/mol. The molecule has 1 heterocycles. The number of esters is 2. The zero-order chi connectivity index (χ0) is 20.9. The van der Waals surface area contributed by atoms with Crippen molar-refractivity contribution in [2.75, 3.05) is 38.4 Å². The van der Waals surface area contributed by atoms with Gasteiger partial charge in [0, 0.05) is 24.7 Å². The van der Waals surface area contributed by atoms with E-state index in [4.69, 9.17) is 0 Å². The van der Waals surface area contributed by atoms with Crippen molar-refractivity contribution >= 4 is 33.6 Å². The van der Waals surface area contributed by atoms with Crippen LogP contribution in [0.3, 0.4) is 0 Å². The topological polar surface area (TPSA) is 119 Å². The zero-order valence-corrected chi connectivity index (χ0v) is 16.9. The number of carbonyl (C=O) groups is 3. The van der Waals surface area contributed by atoms with Crippen LogP contribution in [-0.2, 0) is 24.3 Å². The molecule has 0 spiro atoms. The molecule has 1 aromatic carbocycles. The molecule has 10 heteroatoms. The molecule has 0 aliphatic carbocycles. The second-order valence-electron chi connectivity index (χ2n) is 6.35. The molecule has 1 amide bonds. The Bertz CT molecular complexity index is 824. The molecular formula is C18H24N2O7S. The van der Waals surface area contributed by atoms with Gasteiger partial charge < -0.3 is 14.8 Å². The quantitative estimate of drug-likeness (QED) is 0.699. The fourth-order valence-electron chi connectivity index (χ4n) is 2.99. The predicted octanol–water partition coefficient (Wildman–Crippen LogP) is 1.26. The van der Waals surface area contributed by atoms with Crippen LogP contribution in [0.15, 0.2) is 18.2 Å². The smallest absolute Gasteiger partial charge is 0.337 e. The first-order valence-electron chi connectivity index (χ1n) is 8.82. The number of rotatable bonds is 6. The normalized spacial score (nSPS) is 15.7. The fourth-order valence-corrected chi connectivity index (χ4v) is 4.13. The molecule has 1 aliphatic heterocycles. The lowest BCUT2D eigenvalue weighted by Gasteiger charge is -2.30. The van der Waals surface area contributed by atoms with Gasteiger partial charge in [0.15, 0.2) is 0 Å². The van der Waals surface area contributed by atoms with E-state index < -0.39 is 22.0 Å². The van der Waals surface area contributed by atoms with Crippen molar-refractivity contribution in [3.05, 3.63) is 29.3 Å². The highest BCUT2D eigenvalue weighted by Crippen LogP contribution is 2.23. The number of anilines is 1. The van der Waals surface area contributed by atoms with E-state index >= 15 is 0 Å². The second kappa shape index (κ2) is 9.16. The maximum atomic E-state index is 12.6. The number of methoxy groups -OCH3 is 2. The van der Waals surface area contributed by atoms with Crippen molar-refractivity contribution in [1.29, 1.82) is 0 Å². The van der Waals surface area contributed by atoms with Crippen LogP contribution in [0, 0.1) is 5.92 Å². The lowest BCUT2D eigenvalue weighted by molar-refractivity contribution is -0.120. The summed E-state index contributed by atoms with van der Waals surface area (Å²) in [5, 5.41) is 2.70. The molecule has 0 bridgehead atoms. The Kier molecular flexibility index (Phi) is 7.14. The van der Waals surface area contributed by atoms with Gasteiger partial charge in [-0.15, -0.1) is 0 Å². The third-order valence-electron chi connectivity index (χ3n) is 4.63. The number of carbonyl (C=O) groups excluding carboxylic acids is 3. The third kappa shape index (κ3) is 5.08. The average Bonchev–Trinajstić information content (AvgIpc) is 2.72. The Hall–Kier alpha value is -2.46. The van der Waals surface area contributed by atoms with Crippen LogP contribution in [-0.4, -0.2) is 63.6 Å². The molecular weight excluding hydrogens is 388 g/mol. The summed E-state index contributed by atoms with van der Waals surface area (Å²) in [5.74, 6) is -1.95. The molecule has 0 unspecified atom stereocenters. The van der Waals surface area contributed by atoms with Gasteiger partial charge in [0.25, 0.3) is 0 Å². The van der Waals surface area contributed by atoms with Crippen LogP contribution < -0.4 is 5.32 Å². The number of sulfonamides is 1. The van der Waals surface area contributed by atoms with Gasteiger partial charge >= 0.3 is 11.9 Å². The van der Waals surface area contributed by atoms with E-state index in [2.05, 4.69) is 14.8 Å². The van der Waals surface area contributed by atoms with Crippen LogP contribution in [0.5, 0.6) is 0 Å². The lowest BCUT2D eigenvalue weighted by atomic mass is 9.97. The maximum absolute atomic E-state index is 12.6. The Morgan fingerprint density at radius 3 is 1.96 bits per heavy atom. The predicted molar refractivity (Wildman–Crippen MR) is 102 cm³/mol. The fraction of sp³-hybridized carbons (Fsp3) is 0.500. The summed E-state index contributed by atoms with van der Waals surface area (Å²) < 4.78 is 34.6. The molecule has 1 saturated heterocycles. The van der Waals surface area contributed by atoms with Crippen molar-refractivity contribution < 1.29 is 32.3 Å². The first-order chi connectivity index (χ1) is 13.2. The minimum Gasteiger partial charge on any atom is -0.465 e. The van der Waals surface area contributed by atoms with Crippen LogP contribution in [0.2, 0.25) is 0 Å². The summed E-state index contributed by atoms with van der Waals surface area (Å²) in [4.78, 5) is 36.2. The second-order valence-corrected chi connectivity index (χ2v) is 8.60. The van der Waals surface area contributed by atoms with Crippen molar-refractivity contribution in [2.24, 2.45) is 5.92 Å². The summed E-state index contributed by atoms with van der Waals surface area (Å²) >= 11 is 0. The number of piperidine rings is 1.